The molecule has 0 saturated heterocycles. The minimum atomic E-state index is 0.0332. The highest BCUT2D eigenvalue weighted by atomic mass is 15.0. The van der Waals surface area contributed by atoms with E-state index in [1.165, 1.54) is 0 Å². The van der Waals surface area contributed by atoms with Crippen LogP contribution in [-0.2, 0) is 0 Å². The van der Waals surface area contributed by atoms with Crippen LogP contribution in [0.1, 0.15) is 37.1 Å². The zero-order valence-corrected chi connectivity index (χ0v) is 10.3. The number of nitrogens with zero attached hydrogens (tertiary/aromatic N) is 1. The van der Waals surface area contributed by atoms with Crippen LogP contribution in [0.25, 0.3) is 0 Å². The summed E-state index contributed by atoms with van der Waals surface area (Å²) in [5.74, 6) is 0. The maximum atomic E-state index is 5.79. The van der Waals surface area contributed by atoms with Crippen LogP contribution in [0.4, 0.5) is 5.69 Å². The van der Waals surface area contributed by atoms with E-state index in [9.17, 15) is 0 Å². The molecule has 3 nitrogen and oxygen atoms in total. The van der Waals surface area contributed by atoms with E-state index in [4.69, 9.17) is 5.73 Å². The van der Waals surface area contributed by atoms with E-state index in [2.05, 4.69) is 23.3 Å². The molecular weight excluding hydrogens is 198 g/mol. The van der Waals surface area contributed by atoms with Gasteiger partial charge in [0.05, 0.1) is 0 Å². The van der Waals surface area contributed by atoms with Gasteiger partial charge in [-0.05, 0) is 37.6 Å². The van der Waals surface area contributed by atoms with Crippen molar-refractivity contribution in [1.82, 2.24) is 5.32 Å². The van der Waals surface area contributed by atoms with E-state index in [0.717, 1.165) is 29.7 Å². The monoisotopic (exact) mass is 219 g/mol. The van der Waals surface area contributed by atoms with Crippen molar-refractivity contribution in [2.24, 2.45) is 4.99 Å². The molecule has 1 unspecified atom stereocenters. The van der Waals surface area contributed by atoms with Crippen LogP contribution in [0.3, 0.4) is 0 Å². The summed E-state index contributed by atoms with van der Waals surface area (Å²) in [6.45, 7) is 4.16. The maximum Gasteiger partial charge on any atom is 0.124 e. The lowest BCUT2D eigenvalue weighted by Crippen LogP contribution is -2.14. The molecule has 0 saturated carbocycles. The zero-order chi connectivity index (χ0) is 12.0. The first-order chi connectivity index (χ1) is 7.69. The Morgan fingerprint density at radius 1 is 1.50 bits per heavy atom. The van der Waals surface area contributed by atoms with E-state index >= 15 is 0 Å². The molecule has 88 valence electrons. The van der Waals surface area contributed by atoms with Crippen LogP contribution in [0, 0.1) is 6.92 Å². The van der Waals surface area contributed by atoms with Gasteiger partial charge in [-0.25, -0.2) is 0 Å². The van der Waals surface area contributed by atoms with Gasteiger partial charge in [0.2, 0.25) is 0 Å². The Morgan fingerprint density at radius 3 is 2.81 bits per heavy atom. The normalized spacial score (nSPS) is 13.2. The molecule has 0 aliphatic heterocycles. The van der Waals surface area contributed by atoms with Gasteiger partial charge in [-0.1, -0.05) is 25.5 Å². The van der Waals surface area contributed by atoms with Crippen LogP contribution >= 0.6 is 0 Å². The molecule has 0 aliphatic rings. The highest BCUT2D eigenvalue weighted by molar-refractivity contribution is 5.58. The number of hydrogen-bond acceptors (Lipinski definition) is 3. The first-order valence-corrected chi connectivity index (χ1v) is 5.74. The van der Waals surface area contributed by atoms with E-state index < -0.39 is 0 Å². The molecule has 0 amide bonds. The Labute approximate surface area is 97.8 Å². The van der Waals surface area contributed by atoms with Crippen molar-refractivity contribution in [2.75, 3.05) is 12.8 Å². The average Bonchev–Trinajstić information content (AvgIpc) is 2.29. The second kappa shape index (κ2) is 6.28. The summed E-state index contributed by atoms with van der Waals surface area (Å²) in [6.07, 6.45) is 4.16. The summed E-state index contributed by atoms with van der Waals surface area (Å²) in [4.78, 5) is 4.50. The molecular formula is C13H21N3. The van der Waals surface area contributed by atoms with Gasteiger partial charge in [-0.3, -0.25) is 10.3 Å². The number of benzene rings is 1. The smallest absolute Gasteiger partial charge is 0.124 e. The van der Waals surface area contributed by atoms with E-state index in [-0.39, 0.29) is 6.17 Å². The fraction of sp³-hybridized carbons (Fsp3) is 0.462. The quantitative estimate of drug-likeness (QED) is 0.591. The molecule has 1 aromatic carbocycles. The average molecular weight is 219 g/mol. The Morgan fingerprint density at radius 2 is 2.25 bits per heavy atom. The number of rotatable bonds is 5. The number of nitrogens with two attached hydrogens (primary N) is 1. The number of nitrogens with one attached hydrogen (secondary N) is 1. The lowest BCUT2D eigenvalue weighted by molar-refractivity contribution is 0.625. The third kappa shape index (κ3) is 3.35. The Balaban J connectivity index is 2.82. The molecule has 3 heteroatoms. The maximum absolute atomic E-state index is 5.79. The number of unbranched alkanes of at least 4 members (excludes halogenated alkanes) is 1. The van der Waals surface area contributed by atoms with Crippen LogP contribution in [0.2, 0.25) is 0 Å². The summed E-state index contributed by atoms with van der Waals surface area (Å²) in [5, 5.41) is 3.19. The largest absolute Gasteiger partial charge is 0.399 e. The lowest BCUT2D eigenvalue weighted by Gasteiger charge is -2.13. The van der Waals surface area contributed by atoms with E-state index in [0.29, 0.717) is 0 Å². The van der Waals surface area contributed by atoms with Crippen molar-refractivity contribution in [2.45, 2.75) is 32.9 Å². The van der Waals surface area contributed by atoms with Crippen LogP contribution in [-0.4, -0.2) is 13.3 Å². The summed E-state index contributed by atoms with van der Waals surface area (Å²) < 4.78 is 0. The standard InChI is InChI=1S/C13H21N3/c1-4-5-8-16-13(15-3)11-6-7-12(14)10(2)9-11/h6-9,13,15H,4-5,14H2,1-3H3. The van der Waals surface area contributed by atoms with Crippen LogP contribution in [0.5, 0.6) is 0 Å². The highest BCUT2D eigenvalue weighted by Gasteiger charge is 2.06. The van der Waals surface area contributed by atoms with Gasteiger partial charge in [0.25, 0.3) is 0 Å². The Bertz CT molecular complexity index is 358. The summed E-state index contributed by atoms with van der Waals surface area (Å²) in [6, 6.07) is 6.04. The fourth-order valence-corrected chi connectivity index (χ4v) is 1.51. The third-order valence-electron chi connectivity index (χ3n) is 2.56. The molecule has 0 fully saturated rings. The topological polar surface area (TPSA) is 50.4 Å². The minimum Gasteiger partial charge on any atom is -0.399 e. The van der Waals surface area contributed by atoms with Gasteiger partial charge in [0, 0.05) is 11.9 Å². The summed E-state index contributed by atoms with van der Waals surface area (Å²) in [5.41, 5.74) is 8.88. The molecule has 0 bridgehead atoms. The summed E-state index contributed by atoms with van der Waals surface area (Å²) in [7, 11) is 1.92. The SMILES string of the molecule is CCCC=NC(NC)c1ccc(N)c(C)c1. The number of hydrogen-bond donors (Lipinski definition) is 2. The van der Waals surface area contributed by atoms with Crippen molar-refractivity contribution in [3.05, 3.63) is 29.3 Å². The number of nitrogen functional groups attached to an aromatic ring is 1. The van der Waals surface area contributed by atoms with Crippen molar-refractivity contribution in [3.63, 3.8) is 0 Å². The number of anilines is 1. The minimum absolute atomic E-state index is 0.0332. The number of aryl methyl sites for hydroxylation is 1. The Kier molecular flexibility index (Phi) is 4.99. The molecule has 16 heavy (non-hydrogen) atoms. The molecule has 0 radical (unpaired) electrons. The summed E-state index contributed by atoms with van der Waals surface area (Å²) >= 11 is 0. The molecule has 1 aromatic rings. The van der Waals surface area contributed by atoms with Crippen molar-refractivity contribution >= 4 is 11.9 Å². The van der Waals surface area contributed by atoms with Crippen molar-refractivity contribution in [3.8, 4) is 0 Å². The molecule has 0 aliphatic carbocycles. The first kappa shape index (κ1) is 12.7. The molecule has 0 aromatic heterocycles. The fourth-order valence-electron chi connectivity index (χ4n) is 1.51. The molecule has 3 N–H and O–H groups in total. The molecule has 1 atom stereocenters. The van der Waals surface area contributed by atoms with Gasteiger partial charge in [-0.2, -0.15) is 0 Å². The lowest BCUT2D eigenvalue weighted by atomic mass is 10.1. The van der Waals surface area contributed by atoms with Crippen LogP contribution in [0.15, 0.2) is 23.2 Å². The zero-order valence-electron chi connectivity index (χ0n) is 10.3. The van der Waals surface area contributed by atoms with Gasteiger partial charge in [-0.15, -0.1) is 0 Å². The number of aliphatic imine (C=N–C) groups is 1. The second-order valence-electron chi connectivity index (χ2n) is 3.93. The Hall–Kier alpha value is -1.35. The molecule has 0 spiro atoms. The van der Waals surface area contributed by atoms with Gasteiger partial charge in [0.15, 0.2) is 0 Å². The van der Waals surface area contributed by atoms with Gasteiger partial charge < -0.3 is 5.73 Å². The van der Waals surface area contributed by atoms with E-state index in [1.54, 1.807) is 0 Å². The molecule has 0 heterocycles. The second-order valence-corrected chi connectivity index (χ2v) is 3.93. The van der Waals surface area contributed by atoms with Crippen LogP contribution < -0.4 is 11.1 Å². The molecule has 1 rings (SSSR count). The van der Waals surface area contributed by atoms with Gasteiger partial charge in [0.1, 0.15) is 6.17 Å². The highest BCUT2D eigenvalue weighted by Crippen LogP contribution is 2.19. The third-order valence-corrected chi connectivity index (χ3v) is 2.56. The van der Waals surface area contributed by atoms with E-state index in [1.807, 2.05) is 32.3 Å². The predicted octanol–water partition coefficient (Wildman–Crippen LogP) is 2.67. The predicted molar refractivity (Wildman–Crippen MR) is 70.8 cm³/mol. The van der Waals surface area contributed by atoms with Gasteiger partial charge >= 0.3 is 0 Å². The van der Waals surface area contributed by atoms with Crippen molar-refractivity contribution < 1.29 is 0 Å². The first-order valence-electron chi connectivity index (χ1n) is 5.74. The van der Waals surface area contributed by atoms with Crippen molar-refractivity contribution in [1.29, 1.82) is 0 Å².